The van der Waals surface area contributed by atoms with Crippen LogP contribution in [-0.4, -0.2) is 24.6 Å². The van der Waals surface area contributed by atoms with Gasteiger partial charge in [0.1, 0.15) is 0 Å². The first-order chi connectivity index (χ1) is 9.45. The van der Waals surface area contributed by atoms with E-state index in [0.29, 0.717) is 6.42 Å². The van der Waals surface area contributed by atoms with Gasteiger partial charge in [0, 0.05) is 0 Å². The van der Waals surface area contributed by atoms with Gasteiger partial charge in [-0.05, 0) is 0 Å². The molecule has 0 bridgehead atoms. The van der Waals surface area contributed by atoms with Crippen LogP contribution in [-0.2, 0) is 29.3 Å². The summed E-state index contributed by atoms with van der Waals surface area (Å²) < 4.78 is 19.7. The molecule has 0 unspecified atom stereocenters. The second-order valence-corrected chi connectivity index (χ2v) is 6.81. The van der Waals surface area contributed by atoms with Gasteiger partial charge in [0.2, 0.25) is 0 Å². The van der Waals surface area contributed by atoms with Crippen molar-refractivity contribution in [2.75, 3.05) is 13.7 Å². The van der Waals surface area contributed by atoms with Crippen molar-refractivity contribution in [1.82, 2.24) is 0 Å². The molecule has 20 heavy (non-hydrogen) atoms. The van der Waals surface area contributed by atoms with Gasteiger partial charge in [-0.1, -0.05) is 0 Å². The van der Waals surface area contributed by atoms with Crippen LogP contribution < -0.4 is 0 Å². The second-order valence-electron chi connectivity index (χ2n) is 4.27. The Kier molecular flexibility index (Phi) is 4.11. The van der Waals surface area contributed by atoms with Crippen LogP contribution in [0.3, 0.4) is 0 Å². The van der Waals surface area contributed by atoms with Crippen LogP contribution in [0.4, 0.5) is 0 Å². The van der Waals surface area contributed by atoms with Gasteiger partial charge in [-0.25, -0.2) is 0 Å². The Morgan fingerprint density at radius 1 is 1.30 bits per heavy atom. The molecule has 0 atom stereocenters. The van der Waals surface area contributed by atoms with E-state index >= 15 is 0 Å². The third-order valence-corrected chi connectivity index (χ3v) is 5.01. The zero-order valence-electron chi connectivity index (χ0n) is 11.2. The SMILES string of the molecule is C=C1OP(O)(OC)(OCCCc2ccccc2)OC1=O. The van der Waals surface area contributed by atoms with Gasteiger partial charge < -0.3 is 0 Å². The number of benzene rings is 1. The fraction of sp³-hybridized carbons (Fsp3) is 0.308. The summed E-state index contributed by atoms with van der Waals surface area (Å²) >= 11 is 0. The Bertz CT molecular complexity index is 499. The molecule has 110 valence electrons. The predicted octanol–water partition coefficient (Wildman–Crippen LogP) is 2.49. The first-order valence-corrected chi connectivity index (χ1v) is 7.97. The summed E-state index contributed by atoms with van der Waals surface area (Å²) in [7, 11) is -3.64. The average Bonchev–Trinajstić information content (AvgIpc) is 2.68. The topological polar surface area (TPSA) is 74.2 Å². The summed E-state index contributed by atoms with van der Waals surface area (Å²) in [5.74, 6) is -1.20. The summed E-state index contributed by atoms with van der Waals surface area (Å²) in [5.41, 5.74) is 1.14. The van der Waals surface area contributed by atoms with Crippen molar-refractivity contribution in [2.24, 2.45) is 0 Å². The van der Waals surface area contributed by atoms with Gasteiger partial charge in [0.15, 0.2) is 0 Å². The van der Waals surface area contributed by atoms with Crippen LogP contribution in [0.1, 0.15) is 12.0 Å². The standard InChI is InChI=1S/C13H17O6P/c1-11-13(14)19-20(15,16-2,18-11)17-10-6-9-12-7-4-3-5-8-12/h3-5,7-8,15H,1,6,9-10H2,2H3. The molecular weight excluding hydrogens is 283 g/mol. The molecule has 2 rings (SSSR count). The van der Waals surface area contributed by atoms with Gasteiger partial charge >= 0.3 is 116 Å². The molecule has 1 aliphatic rings. The first-order valence-electron chi connectivity index (χ1n) is 6.11. The number of rotatable bonds is 6. The summed E-state index contributed by atoms with van der Waals surface area (Å²) in [6.45, 7) is 3.44. The number of carbonyl (C=O) groups excluding carboxylic acids is 1. The Morgan fingerprint density at radius 3 is 2.55 bits per heavy atom. The molecule has 1 aromatic carbocycles. The molecular formula is C13H17O6P. The fourth-order valence-corrected chi connectivity index (χ4v) is 3.40. The van der Waals surface area contributed by atoms with Crippen molar-refractivity contribution in [1.29, 1.82) is 0 Å². The maximum atomic E-state index is 11.3. The molecule has 0 amide bonds. The Morgan fingerprint density at radius 2 is 2.00 bits per heavy atom. The summed E-state index contributed by atoms with van der Waals surface area (Å²) in [6, 6.07) is 9.81. The normalized spacial score (nSPS) is 21.6. The molecule has 0 aromatic heterocycles. The monoisotopic (exact) mass is 300 g/mol. The minimum absolute atomic E-state index is 0.123. The van der Waals surface area contributed by atoms with E-state index in [-0.39, 0.29) is 12.4 Å². The van der Waals surface area contributed by atoms with E-state index in [1.165, 1.54) is 0 Å². The van der Waals surface area contributed by atoms with Gasteiger partial charge in [0.05, 0.1) is 0 Å². The van der Waals surface area contributed by atoms with Gasteiger partial charge in [-0.15, -0.1) is 0 Å². The Labute approximate surface area is 117 Å². The molecule has 1 N–H and O–H groups in total. The van der Waals surface area contributed by atoms with Crippen molar-refractivity contribution in [3.8, 4) is 0 Å². The van der Waals surface area contributed by atoms with Crippen molar-refractivity contribution in [3.63, 3.8) is 0 Å². The van der Waals surface area contributed by atoms with Crippen LogP contribution in [0.5, 0.6) is 0 Å². The molecule has 0 spiro atoms. The van der Waals surface area contributed by atoms with Crippen LogP contribution in [0.25, 0.3) is 0 Å². The Hall–Kier alpha value is -1.46. The third-order valence-electron chi connectivity index (χ3n) is 2.79. The summed E-state index contributed by atoms with van der Waals surface area (Å²) in [6.07, 6.45) is 1.37. The Balaban J connectivity index is 1.89. The van der Waals surface area contributed by atoms with Gasteiger partial charge in [0.25, 0.3) is 0 Å². The average molecular weight is 300 g/mol. The molecule has 1 heterocycles. The number of carbonyl (C=O) groups is 1. The van der Waals surface area contributed by atoms with E-state index in [4.69, 9.17) is 18.1 Å². The van der Waals surface area contributed by atoms with E-state index in [0.717, 1.165) is 19.1 Å². The van der Waals surface area contributed by atoms with E-state index in [1.54, 1.807) is 0 Å². The zero-order valence-corrected chi connectivity index (χ0v) is 12.0. The molecule has 1 fully saturated rings. The van der Waals surface area contributed by atoms with Crippen molar-refractivity contribution in [2.45, 2.75) is 12.8 Å². The minimum atomic E-state index is -4.80. The van der Waals surface area contributed by atoms with Gasteiger partial charge in [-0.3, -0.25) is 0 Å². The fourth-order valence-electron chi connectivity index (χ4n) is 1.75. The van der Waals surface area contributed by atoms with Crippen LogP contribution in [0, 0.1) is 0 Å². The number of hydrogen-bond acceptors (Lipinski definition) is 6. The molecule has 7 heteroatoms. The third kappa shape index (κ3) is 3.16. The molecule has 0 saturated carbocycles. The first kappa shape index (κ1) is 14.9. The van der Waals surface area contributed by atoms with Crippen molar-refractivity contribution < 1.29 is 27.8 Å². The number of aryl methyl sites for hydroxylation is 1. The summed E-state index contributed by atoms with van der Waals surface area (Å²) in [4.78, 5) is 21.5. The summed E-state index contributed by atoms with van der Waals surface area (Å²) in [5, 5.41) is 0. The molecule has 1 aromatic rings. The second kappa shape index (κ2) is 5.50. The van der Waals surface area contributed by atoms with E-state index < -0.39 is 13.7 Å². The van der Waals surface area contributed by atoms with E-state index in [2.05, 4.69) is 6.58 Å². The quantitative estimate of drug-likeness (QED) is 0.494. The van der Waals surface area contributed by atoms with Crippen LogP contribution in [0.15, 0.2) is 42.7 Å². The van der Waals surface area contributed by atoms with E-state index in [1.807, 2.05) is 30.3 Å². The number of hydrogen-bond donors (Lipinski definition) is 1. The van der Waals surface area contributed by atoms with Crippen LogP contribution in [0.2, 0.25) is 0 Å². The van der Waals surface area contributed by atoms with Gasteiger partial charge in [-0.2, -0.15) is 0 Å². The maximum absolute atomic E-state index is 11.3. The molecule has 1 aliphatic heterocycles. The zero-order chi connectivity index (χ0) is 14.7. The van der Waals surface area contributed by atoms with Crippen LogP contribution >= 0.6 is 7.74 Å². The predicted molar refractivity (Wildman–Crippen MR) is 73.2 cm³/mol. The molecule has 1 saturated heterocycles. The molecule has 6 nitrogen and oxygen atoms in total. The van der Waals surface area contributed by atoms with Crippen molar-refractivity contribution in [3.05, 3.63) is 48.2 Å². The van der Waals surface area contributed by atoms with E-state index in [9.17, 15) is 9.69 Å². The van der Waals surface area contributed by atoms with Crippen molar-refractivity contribution >= 4 is 13.7 Å². The molecule has 0 radical (unpaired) electrons. The molecule has 0 aliphatic carbocycles.